The third-order valence-electron chi connectivity index (χ3n) is 3.19. The van der Waals surface area contributed by atoms with Gasteiger partial charge in [0.2, 0.25) is 5.91 Å². The predicted octanol–water partition coefficient (Wildman–Crippen LogP) is 2.78. The van der Waals surface area contributed by atoms with Crippen molar-refractivity contribution >= 4 is 17.6 Å². The van der Waals surface area contributed by atoms with Gasteiger partial charge in [0, 0.05) is 25.6 Å². The number of aryl methyl sites for hydroxylation is 2. The SMILES string of the molecule is CCc1cccc(C)c1N(C)C(=O)CCCC(=O)O. The molecule has 0 fully saturated rings. The van der Waals surface area contributed by atoms with Gasteiger partial charge in [0.05, 0.1) is 0 Å². The maximum absolute atomic E-state index is 12.1. The Balaban J connectivity index is 2.79. The molecule has 1 aromatic carbocycles. The first-order valence-corrected chi connectivity index (χ1v) is 6.54. The zero-order chi connectivity index (χ0) is 14.4. The number of benzene rings is 1. The van der Waals surface area contributed by atoms with Crippen molar-refractivity contribution in [3.05, 3.63) is 29.3 Å². The molecule has 0 aliphatic heterocycles. The standard InChI is InChI=1S/C15H21NO3/c1-4-12-8-5-7-11(2)15(12)16(3)13(17)9-6-10-14(18)19/h5,7-8H,4,6,9-10H2,1-3H3,(H,18,19). The Morgan fingerprint density at radius 3 is 2.53 bits per heavy atom. The van der Waals surface area contributed by atoms with Crippen molar-refractivity contribution in [2.24, 2.45) is 0 Å². The first-order chi connectivity index (χ1) is 8.97. The molecule has 1 aromatic rings. The second-order valence-electron chi connectivity index (χ2n) is 4.64. The molecule has 0 saturated heterocycles. The van der Waals surface area contributed by atoms with Crippen LogP contribution in [0.25, 0.3) is 0 Å². The summed E-state index contributed by atoms with van der Waals surface area (Å²) >= 11 is 0. The molecule has 0 radical (unpaired) electrons. The van der Waals surface area contributed by atoms with Gasteiger partial charge in [0.25, 0.3) is 0 Å². The largest absolute Gasteiger partial charge is 0.481 e. The van der Waals surface area contributed by atoms with E-state index in [9.17, 15) is 9.59 Å². The van der Waals surface area contributed by atoms with Gasteiger partial charge in [-0.25, -0.2) is 0 Å². The molecule has 4 nitrogen and oxygen atoms in total. The summed E-state index contributed by atoms with van der Waals surface area (Å²) < 4.78 is 0. The van der Waals surface area contributed by atoms with Crippen molar-refractivity contribution < 1.29 is 14.7 Å². The summed E-state index contributed by atoms with van der Waals surface area (Å²) in [5.41, 5.74) is 3.15. The summed E-state index contributed by atoms with van der Waals surface area (Å²) in [5.74, 6) is -0.897. The molecule has 0 aromatic heterocycles. The Morgan fingerprint density at radius 1 is 1.26 bits per heavy atom. The van der Waals surface area contributed by atoms with Crippen LogP contribution < -0.4 is 4.90 Å². The number of anilines is 1. The zero-order valence-corrected chi connectivity index (χ0v) is 11.8. The maximum atomic E-state index is 12.1. The molecule has 0 saturated carbocycles. The molecular weight excluding hydrogens is 242 g/mol. The summed E-state index contributed by atoms with van der Waals surface area (Å²) in [4.78, 5) is 24.2. The van der Waals surface area contributed by atoms with Crippen LogP contribution >= 0.6 is 0 Å². The number of hydrogen-bond acceptors (Lipinski definition) is 2. The number of nitrogens with zero attached hydrogens (tertiary/aromatic N) is 1. The number of carbonyl (C=O) groups excluding carboxylic acids is 1. The second-order valence-corrected chi connectivity index (χ2v) is 4.64. The minimum Gasteiger partial charge on any atom is -0.481 e. The van der Waals surface area contributed by atoms with E-state index in [0.717, 1.165) is 23.2 Å². The van der Waals surface area contributed by atoms with Gasteiger partial charge in [-0.2, -0.15) is 0 Å². The van der Waals surface area contributed by atoms with Crippen molar-refractivity contribution in [3.8, 4) is 0 Å². The van der Waals surface area contributed by atoms with E-state index in [1.54, 1.807) is 11.9 Å². The van der Waals surface area contributed by atoms with Gasteiger partial charge in [-0.3, -0.25) is 9.59 Å². The van der Waals surface area contributed by atoms with Crippen molar-refractivity contribution in [1.82, 2.24) is 0 Å². The normalized spacial score (nSPS) is 10.3. The topological polar surface area (TPSA) is 57.6 Å². The van der Waals surface area contributed by atoms with Crippen LogP contribution in [0.2, 0.25) is 0 Å². The third kappa shape index (κ3) is 4.09. The molecule has 1 amide bonds. The lowest BCUT2D eigenvalue weighted by Gasteiger charge is -2.22. The van der Waals surface area contributed by atoms with Gasteiger partial charge in [-0.05, 0) is 30.9 Å². The van der Waals surface area contributed by atoms with Crippen LogP contribution in [0.3, 0.4) is 0 Å². The van der Waals surface area contributed by atoms with Gasteiger partial charge in [0.15, 0.2) is 0 Å². The first-order valence-electron chi connectivity index (χ1n) is 6.54. The molecule has 19 heavy (non-hydrogen) atoms. The molecular formula is C15H21NO3. The summed E-state index contributed by atoms with van der Waals surface area (Å²) in [6, 6.07) is 5.99. The van der Waals surface area contributed by atoms with Gasteiger partial charge < -0.3 is 10.0 Å². The van der Waals surface area contributed by atoms with Gasteiger partial charge in [-0.1, -0.05) is 25.1 Å². The Kier molecular flexibility index (Phi) is 5.55. The third-order valence-corrected chi connectivity index (χ3v) is 3.19. The number of aliphatic carboxylic acids is 1. The van der Waals surface area contributed by atoms with E-state index < -0.39 is 5.97 Å². The molecule has 0 unspecified atom stereocenters. The summed E-state index contributed by atoms with van der Waals surface area (Å²) in [6.45, 7) is 4.04. The van der Waals surface area contributed by atoms with Gasteiger partial charge >= 0.3 is 5.97 Å². The zero-order valence-electron chi connectivity index (χ0n) is 11.8. The molecule has 1 rings (SSSR count). The number of hydrogen-bond donors (Lipinski definition) is 1. The van der Waals surface area contributed by atoms with Crippen molar-refractivity contribution in [3.63, 3.8) is 0 Å². The Hall–Kier alpha value is -1.84. The highest BCUT2D eigenvalue weighted by Gasteiger charge is 2.15. The molecule has 104 valence electrons. The average Bonchev–Trinajstić information content (AvgIpc) is 2.37. The smallest absolute Gasteiger partial charge is 0.303 e. The lowest BCUT2D eigenvalue weighted by molar-refractivity contribution is -0.137. The van der Waals surface area contributed by atoms with Gasteiger partial charge in [0.1, 0.15) is 0 Å². The Morgan fingerprint density at radius 2 is 1.95 bits per heavy atom. The van der Waals surface area contributed by atoms with E-state index in [0.29, 0.717) is 6.42 Å². The van der Waals surface area contributed by atoms with Gasteiger partial charge in [-0.15, -0.1) is 0 Å². The molecule has 0 aliphatic rings. The fourth-order valence-electron chi connectivity index (χ4n) is 2.17. The lowest BCUT2D eigenvalue weighted by Crippen LogP contribution is -2.27. The molecule has 0 bridgehead atoms. The number of rotatable bonds is 6. The van der Waals surface area contributed by atoms with Crippen LogP contribution in [0.5, 0.6) is 0 Å². The van der Waals surface area contributed by atoms with Crippen molar-refractivity contribution in [2.45, 2.75) is 39.5 Å². The molecule has 0 spiro atoms. The van der Waals surface area contributed by atoms with Crippen LogP contribution in [-0.2, 0) is 16.0 Å². The Labute approximate surface area is 114 Å². The van der Waals surface area contributed by atoms with Crippen LogP contribution in [0.15, 0.2) is 18.2 Å². The molecule has 4 heteroatoms. The molecule has 0 heterocycles. The number of carboxylic acids is 1. The highest BCUT2D eigenvalue weighted by molar-refractivity contribution is 5.94. The minimum absolute atomic E-state index is 0.0357. The summed E-state index contributed by atoms with van der Waals surface area (Å²) in [5, 5.41) is 8.58. The number of para-hydroxylation sites is 1. The molecule has 0 aliphatic carbocycles. The first kappa shape index (κ1) is 15.2. The van der Waals surface area contributed by atoms with Crippen LogP contribution in [0.4, 0.5) is 5.69 Å². The molecule has 0 atom stereocenters. The fourth-order valence-corrected chi connectivity index (χ4v) is 2.17. The van der Waals surface area contributed by atoms with E-state index in [-0.39, 0.29) is 18.7 Å². The van der Waals surface area contributed by atoms with Crippen molar-refractivity contribution in [2.75, 3.05) is 11.9 Å². The fraction of sp³-hybridized carbons (Fsp3) is 0.467. The number of amides is 1. The summed E-state index contributed by atoms with van der Waals surface area (Å²) in [7, 11) is 1.75. The van der Waals surface area contributed by atoms with E-state index in [2.05, 4.69) is 6.92 Å². The predicted molar refractivity (Wildman–Crippen MR) is 75.5 cm³/mol. The summed E-state index contributed by atoms with van der Waals surface area (Å²) in [6.07, 6.45) is 1.55. The number of carbonyl (C=O) groups is 2. The number of carboxylic acid groups (broad SMARTS) is 1. The highest BCUT2D eigenvalue weighted by Crippen LogP contribution is 2.25. The molecule has 1 N–H and O–H groups in total. The second kappa shape index (κ2) is 6.92. The van der Waals surface area contributed by atoms with E-state index in [1.807, 2.05) is 25.1 Å². The lowest BCUT2D eigenvalue weighted by atomic mass is 10.0. The van der Waals surface area contributed by atoms with Crippen molar-refractivity contribution in [1.29, 1.82) is 0 Å². The van der Waals surface area contributed by atoms with E-state index in [4.69, 9.17) is 5.11 Å². The quantitative estimate of drug-likeness (QED) is 0.858. The van der Waals surface area contributed by atoms with E-state index in [1.165, 1.54) is 0 Å². The minimum atomic E-state index is -0.861. The monoisotopic (exact) mass is 263 g/mol. The Bertz CT molecular complexity index is 468. The average molecular weight is 263 g/mol. The van der Waals surface area contributed by atoms with Crippen LogP contribution in [0.1, 0.15) is 37.3 Å². The van der Waals surface area contributed by atoms with Crippen LogP contribution in [0, 0.1) is 6.92 Å². The maximum Gasteiger partial charge on any atom is 0.303 e. The van der Waals surface area contributed by atoms with E-state index >= 15 is 0 Å². The highest BCUT2D eigenvalue weighted by atomic mass is 16.4. The van der Waals surface area contributed by atoms with Crippen LogP contribution in [-0.4, -0.2) is 24.0 Å².